The van der Waals surface area contributed by atoms with E-state index in [4.69, 9.17) is 0 Å². The summed E-state index contributed by atoms with van der Waals surface area (Å²) in [4.78, 5) is 27.4. The van der Waals surface area contributed by atoms with Crippen molar-refractivity contribution >= 4 is 40.8 Å². The van der Waals surface area contributed by atoms with E-state index >= 15 is 0 Å². The van der Waals surface area contributed by atoms with Crippen LogP contribution in [0.3, 0.4) is 0 Å². The topological polar surface area (TPSA) is 127 Å². The third-order valence-electron chi connectivity index (χ3n) is 4.31. The predicted molar refractivity (Wildman–Crippen MR) is 98.4 cm³/mol. The Morgan fingerprint density at radius 2 is 1.93 bits per heavy atom. The first kappa shape index (κ1) is 16.7. The highest BCUT2D eigenvalue weighted by Gasteiger charge is 2.30. The molecule has 0 spiro atoms. The number of carboxylic acid groups (broad SMARTS) is 1. The highest BCUT2D eigenvalue weighted by atomic mass is 32.2. The van der Waals surface area contributed by atoms with Crippen LogP contribution in [0.2, 0.25) is 0 Å². The van der Waals surface area contributed by atoms with Gasteiger partial charge in [-0.15, -0.1) is 10.2 Å². The van der Waals surface area contributed by atoms with E-state index in [0.717, 1.165) is 12.8 Å². The molecule has 0 bridgehead atoms. The molecule has 11 heteroatoms. The lowest BCUT2D eigenvalue weighted by atomic mass is 10.3. The largest absolute Gasteiger partial charge is 0.478 e. The van der Waals surface area contributed by atoms with Gasteiger partial charge in [-0.2, -0.15) is 5.10 Å². The maximum absolute atomic E-state index is 11.9. The van der Waals surface area contributed by atoms with Crippen LogP contribution in [0.25, 0.3) is 11.3 Å². The number of carboxylic acids is 1. The van der Waals surface area contributed by atoms with Gasteiger partial charge < -0.3 is 10.4 Å². The van der Waals surface area contributed by atoms with Crippen LogP contribution < -0.4 is 5.32 Å². The molecule has 140 valence electrons. The van der Waals surface area contributed by atoms with Crippen molar-refractivity contribution in [1.29, 1.82) is 0 Å². The van der Waals surface area contributed by atoms with Crippen LogP contribution in [0.5, 0.6) is 0 Å². The van der Waals surface area contributed by atoms with Crippen molar-refractivity contribution in [2.24, 2.45) is 5.92 Å². The predicted octanol–water partition coefficient (Wildman–Crippen LogP) is 1.97. The Labute approximate surface area is 161 Å². The second-order valence-corrected chi connectivity index (χ2v) is 7.39. The molecule has 0 saturated heterocycles. The maximum Gasteiger partial charge on any atom is 0.337 e. The standard InChI is InChI=1S/C17H13N7O3S/c25-15(9-1-2-9)19-11-8-24-12(18-11)5-6-14(22-24)28-17-21-20-13-4-3-10(16(26)27)7-23(13)17/h3-9H,1-2H2,(H,19,25)(H,26,27). The minimum atomic E-state index is -1.02. The van der Waals surface area contributed by atoms with E-state index in [2.05, 4.69) is 25.6 Å². The molecule has 2 N–H and O–H groups in total. The van der Waals surface area contributed by atoms with Gasteiger partial charge in [0.2, 0.25) is 11.1 Å². The maximum atomic E-state index is 11.9. The lowest BCUT2D eigenvalue weighted by molar-refractivity contribution is -0.117. The molecule has 10 nitrogen and oxygen atoms in total. The van der Waals surface area contributed by atoms with E-state index in [1.807, 2.05) is 0 Å². The first-order valence-electron chi connectivity index (χ1n) is 8.50. The highest BCUT2D eigenvalue weighted by Crippen LogP contribution is 2.30. The number of nitrogens with zero attached hydrogens (tertiary/aromatic N) is 6. The zero-order chi connectivity index (χ0) is 19.3. The molecule has 4 aromatic heterocycles. The molecule has 0 aliphatic heterocycles. The van der Waals surface area contributed by atoms with Gasteiger partial charge in [0, 0.05) is 12.1 Å². The molecule has 1 aliphatic carbocycles. The Balaban J connectivity index is 1.43. The van der Waals surface area contributed by atoms with Crippen molar-refractivity contribution in [1.82, 2.24) is 29.2 Å². The molecule has 4 aromatic rings. The number of aromatic carboxylic acids is 1. The Morgan fingerprint density at radius 1 is 1.11 bits per heavy atom. The Morgan fingerprint density at radius 3 is 2.71 bits per heavy atom. The van der Waals surface area contributed by atoms with E-state index in [1.165, 1.54) is 24.0 Å². The number of hydrogen-bond donors (Lipinski definition) is 2. The summed E-state index contributed by atoms with van der Waals surface area (Å²) >= 11 is 1.25. The Bertz CT molecular complexity index is 1240. The average Bonchev–Trinajstić information content (AvgIpc) is 3.35. The molecule has 0 radical (unpaired) electrons. The number of pyridine rings is 1. The fourth-order valence-corrected chi connectivity index (χ4v) is 3.49. The van der Waals surface area contributed by atoms with Gasteiger partial charge in [0.25, 0.3) is 0 Å². The van der Waals surface area contributed by atoms with Crippen molar-refractivity contribution in [2.45, 2.75) is 23.0 Å². The number of imidazole rings is 1. The summed E-state index contributed by atoms with van der Waals surface area (Å²) in [6.45, 7) is 0. The van der Waals surface area contributed by atoms with Crippen LogP contribution in [0, 0.1) is 5.92 Å². The van der Waals surface area contributed by atoms with Crippen molar-refractivity contribution in [2.75, 3.05) is 5.32 Å². The fraction of sp³-hybridized carbons (Fsp3) is 0.176. The fourth-order valence-electron chi connectivity index (χ4n) is 2.71. The highest BCUT2D eigenvalue weighted by molar-refractivity contribution is 7.99. The van der Waals surface area contributed by atoms with E-state index in [0.29, 0.717) is 27.3 Å². The van der Waals surface area contributed by atoms with Gasteiger partial charge in [0.15, 0.2) is 17.1 Å². The summed E-state index contributed by atoms with van der Waals surface area (Å²) in [6.07, 6.45) is 4.98. The van der Waals surface area contributed by atoms with Gasteiger partial charge in [-0.25, -0.2) is 14.3 Å². The minimum absolute atomic E-state index is 0.0119. The molecule has 1 aliphatic rings. The molecular formula is C17H13N7O3S. The number of carbonyl (C=O) groups is 2. The van der Waals surface area contributed by atoms with Gasteiger partial charge in [-0.05, 0) is 48.9 Å². The summed E-state index contributed by atoms with van der Waals surface area (Å²) < 4.78 is 3.19. The van der Waals surface area contributed by atoms with Crippen molar-refractivity contribution in [3.05, 3.63) is 42.2 Å². The van der Waals surface area contributed by atoms with E-state index in [1.54, 1.807) is 33.3 Å². The first-order chi connectivity index (χ1) is 13.6. The van der Waals surface area contributed by atoms with E-state index in [-0.39, 0.29) is 17.4 Å². The van der Waals surface area contributed by atoms with Gasteiger partial charge in [-0.1, -0.05) is 0 Å². The monoisotopic (exact) mass is 395 g/mol. The smallest absolute Gasteiger partial charge is 0.337 e. The number of rotatable bonds is 5. The number of hydrogen-bond acceptors (Lipinski definition) is 7. The summed E-state index contributed by atoms with van der Waals surface area (Å²) in [7, 11) is 0. The zero-order valence-electron chi connectivity index (χ0n) is 14.3. The van der Waals surface area contributed by atoms with Crippen LogP contribution in [-0.2, 0) is 4.79 Å². The van der Waals surface area contributed by atoms with Crippen LogP contribution in [0.1, 0.15) is 23.2 Å². The van der Waals surface area contributed by atoms with Crippen LogP contribution in [0.4, 0.5) is 5.82 Å². The number of fused-ring (bicyclic) bond motifs is 2. The molecule has 0 unspecified atom stereocenters. The van der Waals surface area contributed by atoms with Crippen molar-refractivity contribution in [3.63, 3.8) is 0 Å². The van der Waals surface area contributed by atoms with Gasteiger partial charge in [-0.3, -0.25) is 9.20 Å². The van der Waals surface area contributed by atoms with Gasteiger partial charge in [0.1, 0.15) is 5.03 Å². The second kappa shape index (κ2) is 6.30. The number of amides is 1. The molecule has 1 amide bonds. The number of carbonyl (C=O) groups excluding carboxylic acids is 1. The van der Waals surface area contributed by atoms with Crippen LogP contribution >= 0.6 is 11.8 Å². The molecule has 5 rings (SSSR count). The van der Waals surface area contributed by atoms with Crippen molar-refractivity contribution < 1.29 is 14.7 Å². The quantitative estimate of drug-likeness (QED) is 0.525. The Kier molecular flexibility index (Phi) is 3.76. The minimum Gasteiger partial charge on any atom is -0.478 e. The summed E-state index contributed by atoms with van der Waals surface area (Å²) in [6, 6.07) is 6.64. The molecule has 1 saturated carbocycles. The first-order valence-corrected chi connectivity index (χ1v) is 9.32. The zero-order valence-corrected chi connectivity index (χ0v) is 15.1. The Hall–Kier alpha value is -3.47. The van der Waals surface area contributed by atoms with E-state index < -0.39 is 5.97 Å². The van der Waals surface area contributed by atoms with Gasteiger partial charge >= 0.3 is 5.97 Å². The lowest BCUT2D eigenvalue weighted by Crippen LogP contribution is -2.13. The summed E-state index contributed by atoms with van der Waals surface area (Å²) in [5, 5.41) is 25.7. The van der Waals surface area contributed by atoms with Crippen LogP contribution in [-0.4, -0.2) is 46.2 Å². The molecule has 0 aromatic carbocycles. The normalized spacial score (nSPS) is 13.9. The molecule has 28 heavy (non-hydrogen) atoms. The third-order valence-corrected chi connectivity index (χ3v) is 5.20. The molecule has 4 heterocycles. The third kappa shape index (κ3) is 3.05. The summed E-state index contributed by atoms with van der Waals surface area (Å²) in [5.74, 6) is -0.473. The lowest BCUT2D eigenvalue weighted by Gasteiger charge is -2.01. The van der Waals surface area contributed by atoms with Gasteiger partial charge in [0.05, 0.1) is 11.8 Å². The molecular weight excluding hydrogens is 382 g/mol. The van der Waals surface area contributed by atoms with Crippen molar-refractivity contribution in [3.8, 4) is 0 Å². The van der Waals surface area contributed by atoms with E-state index in [9.17, 15) is 14.7 Å². The summed E-state index contributed by atoms with van der Waals surface area (Å²) in [5.41, 5.74) is 1.29. The number of aromatic nitrogens is 6. The number of nitrogens with one attached hydrogen (secondary N) is 1. The molecule has 0 atom stereocenters. The SMILES string of the molecule is O=C(O)c1ccc2nnc(Sc3ccc4nc(NC(=O)C5CC5)cn4n3)n2c1. The average molecular weight is 395 g/mol. The van der Waals surface area contributed by atoms with Crippen LogP contribution in [0.15, 0.2) is 46.8 Å². The molecule has 1 fully saturated rings. The number of anilines is 1. The second-order valence-electron chi connectivity index (χ2n) is 6.40.